The molecule has 0 N–H and O–H groups in total. The Hall–Kier alpha value is -1.44. The summed E-state index contributed by atoms with van der Waals surface area (Å²) >= 11 is 0. The summed E-state index contributed by atoms with van der Waals surface area (Å²) < 4.78 is 0. The number of hydrogen-bond donors (Lipinski definition) is 0. The molecule has 0 saturated carbocycles. The van der Waals surface area contributed by atoms with Crippen LogP contribution in [0, 0.1) is 0 Å². The molecule has 2 nitrogen and oxygen atoms in total. The summed E-state index contributed by atoms with van der Waals surface area (Å²) in [5.41, 5.74) is 3.51. The van der Waals surface area contributed by atoms with Gasteiger partial charge in [-0.1, -0.05) is 13.2 Å². The molecule has 0 radical (unpaired) electrons. The maximum absolute atomic E-state index is 4.18. The number of nitrogens with zero attached hydrogens (tertiary/aromatic N) is 2. The lowest BCUT2D eigenvalue weighted by Crippen LogP contribution is -1.95. The first kappa shape index (κ1) is 8.65. The molecule has 0 amide bonds. The van der Waals surface area contributed by atoms with Crippen molar-refractivity contribution in [2.75, 3.05) is 0 Å². The third kappa shape index (κ3) is 1.59. The highest BCUT2D eigenvalue weighted by Gasteiger charge is 2.04. The average Bonchev–Trinajstić information content (AvgIpc) is 2.04. The van der Waals surface area contributed by atoms with E-state index in [1.54, 1.807) is 12.4 Å². The lowest BCUT2D eigenvalue weighted by Gasteiger charge is -2.04. The quantitative estimate of drug-likeness (QED) is 0.664. The zero-order valence-electron chi connectivity index (χ0n) is 7.46. The van der Waals surface area contributed by atoms with Gasteiger partial charge in [0.2, 0.25) is 0 Å². The number of allylic oxidation sites excluding steroid dienone is 2. The first-order chi connectivity index (χ1) is 5.63. The Kier molecular flexibility index (Phi) is 2.38. The summed E-state index contributed by atoms with van der Waals surface area (Å²) in [6.07, 6.45) is 3.33. The Balaban J connectivity index is 3.27. The fourth-order valence-corrected chi connectivity index (χ4v) is 0.963. The standard InChI is InChI=1S/C10H12N2/c1-7(2)9-10(8(3)4)12-6-5-11-9/h5-6H,1,3H2,2,4H3. The molecule has 12 heavy (non-hydrogen) atoms. The monoisotopic (exact) mass is 160 g/mol. The number of rotatable bonds is 2. The van der Waals surface area contributed by atoms with Gasteiger partial charge in [0.05, 0.1) is 11.4 Å². The lowest BCUT2D eigenvalue weighted by molar-refractivity contribution is 1.13. The Bertz CT molecular complexity index is 293. The van der Waals surface area contributed by atoms with Gasteiger partial charge in [-0.3, -0.25) is 9.97 Å². The molecule has 0 bridgehead atoms. The second kappa shape index (κ2) is 3.30. The first-order valence-corrected chi connectivity index (χ1v) is 3.75. The molecule has 1 rings (SSSR count). The van der Waals surface area contributed by atoms with E-state index in [0.29, 0.717) is 0 Å². The molecule has 0 spiro atoms. The van der Waals surface area contributed by atoms with Crippen molar-refractivity contribution in [1.29, 1.82) is 0 Å². The average molecular weight is 160 g/mol. The van der Waals surface area contributed by atoms with Crippen molar-refractivity contribution in [2.45, 2.75) is 13.8 Å². The molecule has 0 atom stereocenters. The van der Waals surface area contributed by atoms with Gasteiger partial charge in [0.25, 0.3) is 0 Å². The van der Waals surface area contributed by atoms with Gasteiger partial charge in [-0.2, -0.15) is 0 Å². The van der Waals surface area contributed by atoms with Crippen molar-refractivity contribution < 1.29 is 0 Å². The molecule has 0 unspecified atom stereocenters. The van der Waals surface area contributed by atoms with E-state index < -0.39 is 0 Å². The smallest absolute Gasteiger partial charge is 0.0912 e. The molecule has 1 aromatic rings. The SMILES string of the molecule is C=C(C)c1nccnc1C(=C)C. The zero-order valence-corrected chi connectivity index (χ0v) is 7.46. The van der Waals surface area contributed by atoms with Crippen LogP contribution >= 0.6 is 0 Å². The highest BCUT2D eigenvalue weighted by Crippen LogP contribution is 2.17. The van der Waals surface area contributed by atoms with E-state index in [1.807, 2.05) is 13.8 Å². The van der Waals surface area contributed by atoms with Crippen molar-refractivity contribution in [2.24, 2.45) is 0 Å². The van der Waals surface area contributed by atoms with Gasteiger partial charge in [0.1, 0.15) is 0 Å². The Labute approximate surface area is 72.7 Å². The van der Waals surface area contributed by atoms with E-state index in [0.717, 1.165) is 22.5 Å². The maximum atomic E-state index is 4.18. The summed E-state index contributed by atoms with van der Waals surface area (Å²) in [6.45, 7) is 11.5. The molecule has 0 fully saturated rings. The zero-order chi connectivity index (χ0) is 9.14. The van der Waals surface area contributed by atoms with Gasteiger partial charge < -0.3 is 0 Å². The minimum absolute atomic E-state index is 0.838. The predicted molar refractivity (Wildman–Crippen MR) is 51.4 cm³/mol. The third-order valence-corrected chi connectivity index (χ3v) is 1.51. The van der Waals surface area contributed by atoms with E-state index in [1.165, 1.54) is 0 Å². The van der Waals surface area contributed by atoms with Gasteiger partial charge in [-0.05, 0) is 25.0 Å². The van der Waals surface area contributed by atoms with Gasteiger partial charge in [-0.25, -0.2) is 0 Å². The molecule has 2 heteroatoms. The molecule has 1 aromatic heterocycles. The van der Waals surface area contributed by atoms with Crippen molar-refractivity contribution in [3.05, 3.63) is 36.9 Å². The van der Waals surface area contributed by atoms with Gasteiger partial charge in [0.15, 0.2) is 0 Å². The molecule has 62 valence electrons. The van der Waals surface area contributed by atoms with Gasteiger partial charge in [-0.15, -0.1) is 0 Å². The van der Waals surface area contributed by atoms with Crippen LogP contribution in [0.3, 0.4) is 0 Å². The van der Waals surface area contributed by atoms with E-state index in [9.17, 15) is 0 Å². The molecule has 0 aliphatic heterocycles. The van der Waals surface area contributed by atoms with Crippen LogP contribution in [0.4, 0.5) is 0 Å². The minimum Gasteiger partial charge on any atom is -0.253 e. The van der Waals surface area contributed by atoms with Crippen LogP contribution < -0.4 is 0 Å². The Morgan fingerprint density at radius 1 is 1.00 bits per heavy atom. The minimum atomic E-state index is 0.838. The molecule has 1 heterocycles. The van der Waals surface area contributed by atoms with Crippen molar-refractivity contribution in [1.82, 2.24) is 9.97 Å². The largest absolute Gasteiger partial charge is 0.253 e. The number of hydrogen-bond acceptors (Lipinski definition) is 2. The maximum Gasteiger partial charge on any atom is 0.0912 e. The van der Waals surface area contributed by atoms with Crippen LogP contribution in [-0.4, -0.2) is 9.97 Å². The first-order valence-electron chi connectivity index (χ1n) is 3.75. The van der Waals surface area contributed by atoms with Gasteiger partial charge in [0, 0.05) is 12.4 Å². The summed E-state index contributed by atoms with van der Waals surface area (Å²) in [4.78, 5) is 8.35. The van der Waals surface area contributed by atoms with Crippen LogP contribution in [0.5, 0.6) is 0 Å². The van der Waals surface area contributed by atoms with E-state index in [4.69, 9.17) is 0 Å². The van der Waals surface area contributed by atoms with E-state index in [-0.39, 0.29) is 0 Å². The van der Waals surface area contributed by atoms with Gasteiger partial charge >= 0.3 is 0 Å². The van der Waals surface area contributed by atoms with E-state index >= 15 is 0 Å². The Morgan fingerprint density at radius 2 is 1.33 bits per heavy atom. The molecule has 0 aromatic carbocycles. The van der Waals surface area contributed by atoms with Crippen LogP contribution in [0.2, 0.25) is 0 Å². The topological polar surface area (TPSA) is 25.8 Å². The third-order valence-electron chi connectivity index (χ3n) is 1.51. The fraction of sp³-hybridized carbons (Fsp3) is 0.200. The molecular formula is C10H12N2. The highest BCUT2D eigenvalue weighted by molar-refractivity contribution is 5.71. The molecule has 0 aliphatic carbocycles. The fourth-order valence-electron chi connectivity index (χ4n) is 0.963. The van der Waals surface area contributed by atoms with Crippen molar-refractivity contribution in [3.8, 4) is 0 Å². The summed E-state index contributed by atoms with van der Waals surface area (Å²) in [5.74, 6) is 0. The van der Waals surface area contributed by atoms with Crippen LogP contribution in [0.1, 0.15) is 25.2 Å². The normalized spacial score (nSPS) is 9.50. The second-order valence-electron chi connectivity index (χ2n) is 2.81. The molecule has 0 aliphatic rings. The summed E-state index contributed by atoms with van der Waals surface area (Å²) in [5, 5.41) is 0. The molecule has 0 saturated heterocycles. The van der Waals surface area contributed by atoms with Crippen LogP contribution in [-0.2, 0) is 0 Å². The molecular weight excluding hydrogens is 148 g/mol. The number of aromatic nitrogens is 2. The van der Waals surface area contributed by atoms with Crippen LogP contribution in [0.15, 0.2) is 25.6 Å². The Morgan fingerprint density at radius 3 is 1.58 bits per heavy atom. The second-order valence-corrected chi connectivity index (χ2v) is 2.81. The highest BCUT2D eigenvalue weighted by atomic mass is 14.8. The van der Waals surface area contributed by atoms with E-state index in [2.05, 4.69) is 23.1 Å². The lowest BCUT2D eigenvalue weighted by atomic mass is 10.1. The van der Waals surface area contributed by atoms with Crippen molar-refractivity contribution >= 4 is 11.1 Å². The predicted octanol–water partition coefficient (Wildman–Crippen LogP) is 2.54. The summed E-state index contributed by atoms with van der Waals surface area (Å²) in [7, 11) is 0. The summed E-state index contributed by atoms with van der Waals surface area (Å²) in [6, 6.07) is 0. The van der Waals surface area contributed by atoms with Crippen LogP contribution in [0.25, 0.3) is 11.1 Å². The van der Waals surface area contributed by atoms with Crippen molar-refractivity contribution in [3.63, 3.8) is 0 Å².